The molecule has 0 aliphatic heterocycles. The van der Waals surface area contributed by atoms with Gasteiger partial charge in [-0.25, -0.2) is 4.98 Å². The molecule has 0 atom stereocenters. The van der Waals surface area contributed by atoms with Crippen molar-refractivity contribution in [1.82, 2.24) is 14.6 Å². The lowest BCUT2D eigenvalue weighted by Gasteiger charge is -2.25. The van der Waals surface area contributed by atoms with Gasteiger partial charge in [-0.2, -0.15) is 0 Å². The molecule has 0 saturated carbocycles. The van der Waals surface area contributed by atoms with E-state index in [0.29, 0.717) is 29.2 Å². The van der Waals surface area contributed by atoms with E-state index in [2.05, 4.69) is 43.1 Å². The van der Waals surface area contributed by atoms with Crippen molar-refractivity contribution in [2.45, 2.75) is 27.7 Å². The number of hydrogen-bond acceptors (Lipinski definition) is 5. The summed E-state index contributed by atoms with van der Waals surface area (Å²) in [5, 5.41) is 18.4. The number of hydrogen-bond donors (Lipinski definition) is 1. The van der Waals surface area contributed by atoms with Gasteiger partial charge in [-0.15, -0.1) is 0 Å². The summed E-state index contributed by atoms with van der Waals surface area (Å²) >= 11 is 0. The minimum Gasteiger partial charge on any atom is -0.367 e. The van der Waals surface area contributed by atoms with Gasteiger partial charge in [0.25, 0.3) is 0 Å². The van der Waals surface area contributed by atoms with Crippen LogP contribution >= 0.6 is 0 Å². The maximum atomic E-state index is 10.9. The first-order valence-corrected chi connectivity index (χ1v) is 7.13. The number of nitro groups is 1. The molecule has 1 N–H and O–H groups in total. The average molecular weight is 291 g/mol. The highest BCUT2D eigenvalue weighted by atomic mass is 16.6. The molecule has 2 heterocycles. The molecule has 0 aliphatic rings. The van der Waals surface area contributed by atoms with Crippen LogP contribution in [0, 0.1) is 27.9 Å². The van der Waals surface area contributed by atoms with Crippen molar-refractivity contribution < 1.29 is 4.92 Å². The van der Waals surface area contributed by atoms with Crippen molar-refractivity contribution in [2.24, 2.45) is 17.8 Å². The molecule has 7 heteroatoms. The molecule has 7 nitrogen and oxygen atoms in total. The molecule has 0 aromatic carbocycles. The summed E-state index contributed by atoms with van der Waals surface area (Å²) in [6.07, 6.45) is 1.22. The topological polar surface area (TPSA) is 85.4 Å². The molecule has 0 unspecified atom stereocenters. The molecule has 114 valence electrons. The van der Waals surface area contributed by atoms with Gasteiger partial charge in [0, 0.05) is 12.6 Å². The summed E-state index contributed by atoms with van der Waals surface area (Å²) in [6, 6.07) is 3.52. The molecule has 0 radical (unpaired) electrons. The summed E-state index contributed by atoms with van der Waals surface area (Å²) in [5.74, 6) is 2.13. The molecule has 21 heavy (non-hydrogen) atoms. The highest BCUT2D eigenvalue weighted by molar-refractivity contribution is 5.48. The van der Waals surface area contributed by atoms with Gasteiger partial charge in [0.15, 0.2) is 5.82 Å². The zero-order valence-electron chi connectivity index (χ0n) is 12.8. The van der Waals surface area contributed by atoms with Crippen molar-refractivity contribution in [3.63, 3.8) is 0 Å². The van der Waals surface area contributed by atoms with Crippen LogP contribution in [0.5, 0.6) is 0 Å². The van der Waals surface area contributed by atoms with Gasteiger partial charge in [0.1, 0.15) is 6.20 Å². The van der Waals surface area contributed by atoms with Crippen molar-refractivity contribution in [3.8, 4) is 0 Å². The van der Waals surface area contributed by atoms with Gasteiger partial charge < -0.3 is 15.4 Å². The molecule has 0 bridgehead atoms. The van der Waals surface area contributed by atoms with Crippen molar-refractivity contribution in [2.75, 3.05) is 11.9 Å². The van der Waals surface area contributed by atoms with E-state index in [4.69, 9.17) is 0 Å². The smallest absolute Gasteiger partial charge is 0.367 e. The van der Waals surface area contributed by atoms with Gasteiger partial charge in [-0.05, 0) is 28.7 Å². The number of nitrogens with zero attached hydrogens (tertiary/aromatic N) is 4. The highest BCUT2D eigenvalue weighted by Gasteiger charge is 2.19. The van der Waals surface area contributed by atoms with E-state index >= 15 is 0 Å². The van der Waals surface area contributed by atoms with Gasteiger partial charge in [-0.3, -0.25) is 0 Å². The Morgan fingerprint density at radius 1 is 1.29 bits per heavy atom. The summed E-state index contributed by atoms with van der Waals surface area (Å²) in [6.45, 7) is 9.58. The monoisotopic (exact) mass is 291 g/mol. The molecule has 0 aliphatic carbocycles. The molecule has 0 saturated heterocycles. The largest absolute Gasteiger partial charge is 0.368 e. The van der Waals surface area contributed by atoms with E-state index in [1.54, 1.807) is 12.1 Å². The van der Waals surface area contributed by atoms with Crippen LogP contribution in [0.2, 0.25) is 0 Å². The Morgan fingerprint density at radius 2 is 1.95 bits per heavy atom. The van der Waals surface area contributed by atoms with Crippen LogP contribution < -0.4 is 5.32 Å². The normalized spacial score (nSPS) is 11.8. The van der Waals surface area contributed by atoms with Crippen molar-refractivity contribution in [1.29, 1.82) is 0 Å². The Kier molecular flexibility index (Phi) is 4.40. The van der Waals surface area contributed by atoms with E-state index in [9.17, 15) is 10.1 Å². The van der Waals surface area contributed by atoms with Gasteiger partial charge in [0.2, 0.25) is 5.65 Å². The van der Waals surface area contributed by atoms with Gasteiger partial charge >= 0.3 is 5.82 Å². The fourth-order valence-electron chi connectivity index (χ4n) is 2.54. The standard InChI is InChI=1S/C14H21N5O2/c1-9(2)11(10(3)4)7-15-12-5-6-13-16-8-14(19(20)21)18(13)17-12/h5-6,8-11H,7H2,1-4H3,(H,15,17). The van der Waals surface area contributed by atoms with Crippen molar-refractivity contribution >= 4 is 17.3 Å². The molecule has 0 amide bonds. The Morgan fingerprint density at radius 3 is 2.52 bits per heavy atom. The lowest BCUT2D eigenvalue weighted by molar-refractivity contribution is -0.391. The van der Waals surface area contributed by atoms with Gasteiger partial charge in [0.05, 0.1) is 0 Å². The summed E-state index contributed by atoms with van der Waals surface area (Å²) in [5.41, 5.74) is 0.469. The second-order valence-electron chi connectivity index (χ2n) is 5.89. The van der Waals surface area contributed by atoms with Crippen LogP contribution in [-0.2, 0) is 0 Å². The number of nitrogens with one attached hydrogen (secondary N) is 1. The first kappa shape index (κ1) is 15.2. The van der Waals surface area contributed by atoms with Crippen LogP contribution in [0.1, 0.15) is 27.7 Å². The van der Waals surface area contributed by atoms with Crippen LogP contribution in [0.4, 0.5) is 11.6 Å². The molecule has 0 fully saturated rings. The third kappa shape index (κ3) is 3.29. The maximum absolute atomic E-state index is 10.9. The number of aromatic nitrogens is 3. The van der Waals surface area contributed by atoms with E-state index < -0.39 is 4.92 Å². The Labute approximate surface area is 123 Å². The van der Waals surface area contributed by atoms with Crippen LogP contribution in [0.15, 0.2) is 18.3 Å². The van der Waals surface area contributed by atoms with E-state index in [-0.39, 0.29) is 5.82 Å². The van der Waals surface area contributed by atoms with E-state index in [0.717, 1.165) is 6.54 Å². The fraction of sp³-hybridized carbons (Fsp3) is 0.571. The maximum Gasteiger partial charge on any atom is 0.368 e. The second kappa shape index (κ2) is 6.07. The third-order valence-electron chi connectivity index (χ3n) is 3.76. The SMILES string of the molecule is CC(C)C(CNc1ccc2ncc([N+](=O)[O-])n2n1)C(C)C. The van der Waals surface area contributed by atoms with E-state index in [1.807, 2.05) is 0 Å². The highest BCUT2D eigenvalue weighted by Crippen LogP contribution is 2.21. The predicted molar refractivity (Wildman–Crippen MR) is 81.3 cm³/mol. The van der Waals surface area contributed by atoms with E-state index in [1.165, 1.54) is 10.7 Å². The summed E-state index contributed by atoms with van der Waals surface area (Å²) in [7, 11) is 0. The zero-order chi connectivity index (χ0) is 15.6. The Hall–Kier alpha value is -2.18. The Balaban J connectivity index is 2.19. The fourth-order valence-corrected chi connectivity index (χ4v) is 2.54. The molecule has 0 spiro atoms. The zero-order valence-corrected chi connectivity index (χ0v) is 12.8. The number of fused-ring (bicyclic) bond motifs is 1. The summed E-state index contributed by atoms with van der Waals surface area (Å²) < 4.78 is 1.25. The van der Waals surface area contributed by atoms with Crippen LogP contribution in [0.25, 0.3) is 5.65 Å². The third-order valence-corrected chi connectivity index (χ3v) is 3.76. The minimum absolute atomic E-state index is 0.127. The average Bonchev–Trinajstić information content (AvgIpc) is 2.81. The lowest BCUT2D eigenvalue weighted by atomic mass is 9.85. The summed E-state index contributed by atoms with van der Waals surface area (Å²) in [4.78, 5) is 14.4. The lowest BCUT2D eigenvalue weighted by Crippen LogP contribution is -2.25. The minimum atomic E-state index is -0.484. The molecular formula is C14H21N5O2. The number of anilines is 1. The first-order chi connectivity index (χ1) is 9.90. The Bertz CT molecular complexity index is 627. The van der Waals surface area contributed by atoms with Crippen LogP contribution in [-0.4, -0.2) is 26.1 Å². The molecular weight excluding hydrogens is 270 g/mol. The molecule has 2 rings (SSSR count). The first-order valence-electron chi connectivity index (χ1n) is 7.13. The quantitative estimate of drug-likeness (QED) is 0.653. The van der Waals surface area contributed by atoms with Crippen molar-refractivity contribution in [3.05, 3.63) is 28.4 Å². The van der Waals surface area contributed by atoms with Crippen LogP contribution in [0.3, 0.4) is 0 Å². The van der Waals surface area contributed by atoms with Gasteiger partial charge in [-0.1, -0.05) is 37.3 Å². The number of rotatable bonds is 6. The molecule has 2 aromatic heterocycles. The number of imidazole rings is 1. The second-order valence-corrected chi connectivity index (χ2v) is 5.89. The predicted octanol–water partition coefficient (Wildman–Crippen LogP) is 2.98. The molecule has 2 aromatic rings.